The summed E-state index contributed by atoms with van der Waals surface area (Å²) in [6.07, 6.45) is 0.122. The van der Waals surface area contributed by atoms with E-state index >= 15 is 0 Å². The summed E-state index contributed by atoms with van der Waals surface area (Å²) in [4.78, 5) is 10.7. The molecule has 5 nitrogen and oxygen atoms in total. The first-order valence-corrected chi connectivity index (χ1v) is 5.36. The van der Waals surface area contributed by atoms with Gasteiger partial charge in [-0.2, -0.15) is 0 Å². The molecule has 0 heterocycles. The van der Waals surface area contributed by atoms with Gasteiger partial charge in [0.25, 0.3) is 0 Å². The van der Waals surface area contributed by atoms with Crippen LogP contribution in [0.2, 0.25) is 0 Å². The van der Waals surface area contributed by atoms with Gasteiger partial charge in [0, 0.05) is 0 Å². The second-order valence-corrected chi connectivity index (χ2v) is 4.34. The number of hydrogen-bond acceptors (Lipinski definition) is 4. The quantitative estimate of drug-likeness (QED) is 0.590. The Morgan fingerprint density at radius 1 is 1.29 bits per heavy atom. The summed E-state index contributed by atoms with van der Waals surface area (Å²) >= 11 is 0. The van der Waals surface area contributed by atoms with Gasteiger partial charge in [0.05, 0.1) is 0 Å². The molecule has 0 spiro atoms. The van der Waals surface area contributed by atoms with Gasteiger partial charge in [-0.1, -0.05) is 13.8 Å². The molecule has 0 aliphatic carbocycles. The van der Waals surface area contributed by atoms with Crippen molar-refractivity contribution >= 4 is 5.97 Å². The van der Waals surface area contributed by atoms with Gasteiger partial charge in [0.15, 0.2) is 11.5 Å². The van der Waals surface area contributed by atoms with Crippen LogP contribution in [0.1, 0.15) is 30.9 Å². The Balaban J connectivity index is 3.12. The monoisotopic (exact) mass is 239 g/mol. The van der Waals surface area contributed by atoms with E-state index in [9.17, 15) is 15.0 Å². The second-order valence-electron chi connectivity index (χ2n) is 4.34. The topological polar surface area (TPSA) is 104 Å². The number of phenolic OH excluding ortho intramolecular Hbond substituents is 2. The summed E-state index contributed by atoms with van der Waals surface area (Å²) in [5.74, 6) is -1.45. The number of hydrogen-bond donors (Lipinski definition) is 4. The highest BCUT2D eigenvalue weighted by atomic mass is 16.4. The van der Waals surface area contributed by atoms with Crippen LogP contribution < -0.4 is 5.73 Å². The molecule has 0 aromatic heterocycles. The molecule has 0 saturated heterocycles. The summed E-state index contributed by atoms with van der Waals surface area (Å²) in [5.41, 5.74) is 6.89. The van der Waals surface area contributed by atoms with E-state index in [1.807, 2.05) is 13.8 Å². The van der Waals surface area contributed by atoms with Crippen LogP contribution in [0, 0.1) is 0 Å². The number of phenols is 2. The Labute approximate surface area is 99.5 Å². The third-order valence-corrected chi connectivity index (χ3v) is 2.62. The summed E-state index contributed by atoms with van der Waals surface area (Å²) in [7, 11) is 0. The predicted octanol–water partition coefficient (Wildman–Crippen LogP) is 1.18. The normalized spacial score (nSPS) is 12.7. The molecule has 0 radical (unpaired) electrons. The Hall–Kier alpha value is -1.75. The molecule has 1 aromatic rings. The molecule has 5 heteroatoms. The van der Waals surface area contributed by atoms with Crippen LogP contribution in [0.5, 0.6) is 11.5 Å². The molecule has 0 aliphatic heterocycles. The summed E-state index contributed by atoms with van der Waals surface area (Å²) in [6.45, 7) is 3.84. The highest BCUT2D eigenvalue weighted by Crippen LogP contribution is 2.32. The number of carbonyl (C=O) groups is 1. The van der Waals surface area contributed by atoms with Crippen LogP contribution in [0.4, 0.5) is 0 Å². The smallest absolute Gasteiger partial charge is 0.320 e. The number of rotatable bonds is 4. The average molecular weight is 239 g/mol. The van der Waals surface area contributed by atoms with Gasteiger partial charge >= 0.3 is 5.97 Å². The van der Waals surface area contributed by atoms with Crippen LogP contribution in [-0.4, -0.2) is 27.3 Å². The number of aliphatic carboxylic acids is 1. The molecular weight excluding hydrogens is 222 g/mol. The third-order valence-electron chi connectivity index (χ3n) is 2.62. The number of benzene rings is 1. The van der Waals surface area contributed by atoms with E-state index in [0.29, 0.717) is 5.56 Å². The lowest BCUT2D eigenvalue weighted by atomic mass is 9.92. The molecule has 94 valence electrons. The van der Waals surface area contributed by atoms with Crippen LogP contribution in [0.3, 0.4) is 0 Å². The maximum absolute atomic E-state index is 10.7. The van der Waals surface area contributed by atoms with Crippen LogP contribution in [0.25, 0.3) is 0 Å². The van der Waals surface area contributed by atoms with Crippen LogP contribution >= 0.6 is 0 Å². The molecule has 0 bridgehead atoms. The first-order chi connectivity index (χ1) is 7.82. The Morgan fingerprint density at radius 2 is 1.82 bits per heavy atom. The fourth-order valence-electron chi connectivity index (χ4n) is 1.67. The molecule has 1 atom stereocenters. The lowest BCUT2D eigenvalue weighted by Crippen LogP contribution is -2.32. The highest BCUT2D eigenvalue weighted by molar-refractivity contribution is 5.73. The highest BCUT2D eigenvalue weighted by Gasteiger charge is 2.17. The van der Waals surface area contributed by atoms with Crippen molar-refractivity contribution in [1.82, 2.24) is 0 Å². The molecule has 0 saturated carbocycles. The maximum atomic E-state index is 10.7. The minimum absolute atomic E-state index is 0.109. The summed E-state index contributed by atoms with van der Waals surface area (Å²) in [5, 5.41) is 27.6. The van der Waals surface area contributed by atoms with Crippen molar-refractivity contribution in [2.45, 2.75) is 32.2 Å². The van der Waals surface area contributed by atoms with E-state index in [4.69, 9.17) is 10.8 Å². The van der Waals surface area contributed by atoms with Crippen LogP contribution in [-0.2, 0) is 11.2 Å². The van der Waals surface area contributed by atoms with Gasteiger partial charge in [-0.3, -0.25) is 4.79 Å². The minimum Gasteiger partial charge on any atom is -0.504 e. The largest absolute Gasteiger partial charge is 0.504 e. The molecule has 17 heavy (non-hydrogen) atoms. The standard InChI is InChI=1S/C12H17NO4/c1-6(2)8-5-11(15)10(14)4-7(8)3-9(13)12(16)17/h4-6,9,14-15H,3,13H2,1-2H3,(H,16,17). The van der Waals surface area contributed by atoms with E-state index in [0.717, 1.165) is 5.56 Å². The van der Waals surface area contributed by atoms with Crippen molar-refractivity contribution in [3.05, 3.63) is 23.3 Å². The van der Waals surface area contributed by atoms with Crippen molar-refractivity contribution in [2.24, 2.45) is 5.73 Å². The van der Waals surface area contributed by atoms with Gasteiger partial charge in [-0.15, -0.1) is 0 Å². The predicted molar refractivity (Wildman–Crippen MR) is 63.2 cm³/mol. The SMILES string of the molecule is CC(C)c1cc(O)c(O)cc1CC(N)C(=O)O. The van der Waals surface area contributed by atoms with Gasteiger partial charge in [-0.05, 0) is 35.6 Å². The maximum Gasteiger partial charge on any atom is 0.320 e. The van der Waals surface area contributed by atoms with E-state index in [-0.39, 0.29) is 23.8 Å². The molecule has 1 rings (SSSR count). The van der Waals surface area contributed by atoms with Gasteiger partial charge in [0.2, 0.25) is 0 Å². The molecule has 5 N–H and O–H groups in total. The van der Waals surface area contributed by atoms with Gasteiger partial charge in [0.1, 0.15) is 6.04 Å². The Kier molecular flexibility index (Phi) is 3.96. The minimum atomic E-state index is -1.09. The van der Waals surface area contributed by atoms with Gasteiger partial charge in [-0.25, -0.2) is 0 Å². The third kappa shape index (κ3) is 3.10. The summed E-state index contributed by atoms with van der Waals surface area (Å²) < 4.78 is 0. The first-order valence-electron chi connectivity index (χ1n) is 5.36. The first kappa shape index (κ1) is 13.3. The van der Waals surface area contributed by atoms with E-state index in [2.05, 4.69) is 0 Å². The van der Waals surface area contributed by atoms with Crippen molar-refractivity contribution in [1.29, 1.82) is 0 Å². The van der Waals surface area contributed by atoms with E-state index in [1.54, 1.807) is 0 Å². The fourth-order valence-corrected chi connectivity index (χ4v) is 1.67. The number of aromatic hydroxyl groups is 2. The molecule has 0 fully saturated rings. The zero-order valence-corrected chi connectivity index (χ0v) is 9.84. The molecule has 1 unspecified atom stereocenters. The molecule has 0 aliphatic rings. The van der Waals surface area contributed by atoms with Crippen molar-refractivity contribution < 1.29 is 20.1 Å². The Morgan fingerprint density at radius 3 is 2.29 bits per heavy atom. The number of nitrogens with two attached hydrogens (primary N) is 1. The number of carboxylic acids is 1. The van der Waals surface area contributed by atoms with Crippen molar-refractivity contribution in [3.63, 3.8) is 0 Å². The van der Waals surface area contributed by atoms with Crippen molar-refractivity contribution in [3.8, 4) is 11.5 Å². The molecule has 0 amide bonds. The fraction of sp³-hybridized carbons (Fsp3) is 0.417. The zero-order valence-electron chi connectivity index (χ0n) is 9.84. The Bertz CT molecular complexity index is 429. The summed E-state index contributed by atoms with van der Waals surface area (Å²) in [6, 6.07) is 1.80. The van der Waals surface area contributed by atoms with E-state index in [1.165, 1.54) is 12.1 Å². The van der Waals surface area contributed by atoms with Crippen LogP contribution in [0.15, 0.2) is 12.1 Å². The van der Waals surface area contributed by atoms with Gasteiger partial charge < -0.3 is 21.1 Å². The second kappa shape index (κ2) is 5.05. The average Bonchev–Trinajstić information content (AvgIpc) is 2.22. The molecular formula is C12H17NO4. The number of carboxylic acid groups (broad SMARTS) is 1. The molecule has 1 aromatic carbocycles. The zero-order chi connectivity index (χ0) is 13.2. The van der Waals surface area contributed by atoms with Crippen molar-refractivity contribution in [2.75, 3.05) is 0 Å². The van der Waals surface area contributed by atoms with E-state index < -0.39 is 12.0 Å². The lowest BCUT2D eigenvalue weighted by molar-refractivity contribution is -0.138. The lowest BCUT2D eigenvalue weighted by Gasteiger charge is -2.16.